The molecular formula is C18H20N2O2S. The van der Waals surface area contributed by atoms with Gasteiger partial charge in [-0.05, 0) is 44.4 Å². The molecule has 5 heteroatoms. The minimum Gasteiger partial charge on any atom is -0.507 e. The van der Waals surface area contributed by atoms with Crippen molar-refractivity contribution in [3.05, 3.63) is 39.7 Å². The number of hydrogen-bond acceptors (Lipinski definition) is 4. The van der Waals surface area contributed by atoms with Crippen LogP contribution in [0.3, 0.4) is 0 Å². The highest BCUT2D eigenvalue weighted by molar-refractivity contribution is 7.99. The van der Waals surface area contributed by atoms with E-state index < -0.39 is 0 Å². The molecule has 1 aromatic heterocycles. The Balaban J connectivity index is 1.86. The molecule has 23 heavy (non-hydrogen) atoms. The number of H-pyrrole nitrogens is 1. The molecule has 0 atom stereocenters. The van der Waals surface area contributed by atoms with Crippen molar-refractivity contribution in [1.82, 2.24) is 4.98 Å². The van der Waals surface area contributed by atoms with E-state index in [-0.39, 0.29) is 11.3 Å². The topological polar surface area (TPSA) is 56.3 Å². The zero-order valence-corrected chi connectivity index (χ0v) is 14.0. The van der Waals surface area contributed by atoms with Gasteiger partial charge in [-0.3, -0.25) is 4.79 Å². The van der Waals surface area contributed by atoms with Gasteiger partial charge in [0.25, 0.3) is 5.56 Å². The van der Waals surface area contributed by atoms with Crippen LogP contribution in [-0.4, -0.2) is 28.9 Å². The average molecular weight is 328 g/mol. The van der Waals surface area contributed by atoms with Gasteiger partial charge in [0.1, 0.15) is 5.75 Å². The Kier molecular flexibility index (Phi) is 3.60. The molecule has 0 aliphatic carbocycles. The fraction of sp³-hybridized carbons (Fsp3) is 0.389. The fourth-order valence-electron chi connectivity index (χ4n) is 3.48. The summed E-state index contributed by atoms with van der Waals surface area (Å²) in [6.45, 7) is 3.91. The summed E-state index contributed by atoms with van der Waals surface area (Å²) in [6, 6.07) is 6.45. The van der Waals surface area contributed by atoms with Crippen LogP contribution >= 0.6 is 11.8 Å². The van der Waals surface area contributed by atoms with Crippen LogP contribution in [0.15, 0.2) is 27.9 Å². The van der Waals surface area contributed by atoms with E-state index in [9.17, 15) is 9.90 Å². The van der Waals surface area contributed by atoms with E-state index in [2.05, 4.69) is 28.1 Å². The molecule has 1 saturated heterocycles. The first-order valence-electron chi connectivity index (χ1n) is 8.12. The maximum atomic E-state index is 12.1. The van der Waals surface area contributed by atoms with Gasteiger partial charge in [-0.25, -0.2) is 0 Å². The van der Waals surface area contributed by atoms with Crippen LogP contribution < -0.4 is 10.5 Å². The molecule has 120 valence electrons. The number of aromatic amines is 1. The number of thioether (sulfide) groups is 1. The summed E-state index contributed by atoms with van der Waals surface area (Å²) in [5, 5.41) is 10.4. The monoisotopic (exact) mass is 328 g/mol. The maximum absolute atomic E-state index is 12.1. The molecule has 4 nitrogen and oxygen atoms in total. The molecule has 0 unspecified atom stereocenters. The van der Waals surface area contributed by atoms with Crippen LogP contribution in [0.25, 0.3) is 11.3 Å². The van der Waals surface area contributed by atoms with E-state index in [0.29, 0.717) is 5.56 Å². The summed E-state index contributed by atoms with van der Waals surface area (Å²) in [6.07, 6.45) is 3.28. The quantitative estimate of drug-likeness (QED) is 0.843. The van der Waals surface area contributed by atoms with Crippen molar-refractivity contribution < 1.29 is 5.11 Å². The molecule has 4 rings (SSSR count). The first-order valence-corrected chi connectivity index (χ1v) is 9.10. The van der Waals surface area contributed by atoms with Crippen LogP contribution in [0.4, 0.5) is 5.69 Å². The van der Waals surface area contributed by atoms with Gasteiger partial charge in [-0.1, -0.05) is 0 Å². The number of aromatic nitrogens is 1. The van der Waals surface area contributed by atoms with Crippen LogP contribution in [0, 0.1) is 6.92 Å². The number of rotatable bonds is 1. The molecule has 0 amide bonds. The highest BCUT2D eigenvalue weighted by Crippen LogP contribution is 2.41. The van der Waals surface area contributed by atoms with E-state index in [1.807, 2.05) is 0 Å². The molecule has 1 fully saturated rings. The van der Waals surface area contributed by atoms with Crippen LogP contribution in [-0.2, 0) is 6.42 Å². The van der Waals surface area contributed by atoms with E-state index in [0.717, 1.165) is 42.1 Å². The van der Waals surface area contributed by atoms with Gasteiger partial charge in [0, 0.05) is 40.6 Å². The van der Waals surface area contributed by atoms with Gasteiger partial charge >= 0.3 is 0 Å². The highest BCUT2D eigenvalue weighted by atomic mass is 32.2. The second-order valence-electron chi connectivity index (χ2n) is 6.25. The molecule has 0 bridgehead atoms. The number of benzene rings is 1. The number of nitrogens with one attached hydrogen (secondary N) is 1. The maximum Gasteiger partial charge on any atom is 0.255 e. The molecule has 2 N–H and O–H groups in total. The van der Waals surface area contributed by atoms with Crippen LogP contribution in [0.1, 0.15) is 24.0 Å². The van der Waals surface area contributed by atoms with E-state index in [1.54, 1.807) is 18.7 Å². The summed E-state index contributed by atoms with van der Waals surface area (Å²) >= 11 is 1.80. The lowest BCUT2D eigenvalue weighted by Gasteiger charge is -2.19. The molecule has 2 aromatic rings. The normalized spacial score (nSPS) is 16.8. The number of hydrogen-bond donors (Lipinski definition) is 2. The van der Waals surface area contributed by atoms with Gasteiger partial charge in [0.15, 0.2) is 0 Å². The highest BCUT2D eigenvalue weighted by Gasteiger charge is 2.22. The predicted octanol–water partition coefficient (Wildman–Crippen LogP) is 3.30. The smallest absolute Gasteiger partial charge is 0.255 e. The Morgan fingerprint density at radius 3 is 2.83 bits per heavy atom. The average Bonchev–Trinajstić information content (AvgIpc) is 3.03. The summed E-state index contributed by atoms with van der Waals surface area (Å²) in [7, 11) is 0. The van der Waals surface area contributed by atoms with E-state index in [1.165, 1.54) is 23.4 Å². The van der Waals surface area contributed by atoms with Gasteiger partial charge in [-0.2, -0.15) is 0 Å². The van der Waals surface area contributed by atoms with Crippen molar-refractivity contribution in [3.63, 3.8) is 0 Å². The molecule has 1 aromatic carbocycles. The largest absolute Gasteiger partial charge is 0.507 e. The molecule has 3 heterocycles. The van der Waals surface area contributed by atoms with Gasteiger partial charge in [0.2, 0.25) is 0 Å². The van der Waals surface area contributed by atoms with Crippen LogP contribution in [0.2, 0.25) is 0 Å². The van der Waals surface area contributed by atoms with Gasteiger partial charge in [-0.15, -0.1) is 11.8 Å². The second-order valence-corrected chi connectivity index (χ2v) is 7.39. The SMILES string of the molecule is Cc1c(O)c2c([nH]c1=O)-c1ccc(N3CCCC3)cc1SCC2. The minimum absolute atomic E-state index is 0.154. The number of nitrogens with zero attached hydrogens (tertiary/aromatic N) is 1. The van der Waals surface area contributed by atoms with Gasteiger partial charge in [0.05, 0.1) is 11.3 Å². The minimum atomic E-state index is -0.206. The Hall–Kier alpha value is -1.88. The number of fused-ring (bicyclic) bond motifs is 3. The molecule has 0 radical (unpaired) electrons. The Bertz CT molecular complexity index is 823. The third-order valence-electron chi connectivity index (χ3n) is 4.84. The van der Waals surface area contributed by atoms with Crippen molar-refractivity contribution in [1.29, 1.82) is 0 Å². The summed E-state index contributed by atoms with van der Waals surface area (Å²) in [5.41, 5.74) is 4.13. The van der Waals surface area contributed by atoms with Crippen molar-refractivity contribution in [2.24, 2.45) is 0 Å². The van der Waals surface area contributed by atoms with E-state index in [4.69, 9.17) is 0 Å². The lowest BCUT2D eigenvalue weighted by Crippen LogP contribution is -2.17. The summed E-state index contributed by atoms with van der Waals surface area (Å²) in [5.74, 6) is 1.06. The number of anilines is 1. The van der Waals surface area contributed by atoms with E-state index >= 15 is 0 Å². The molecule has 0 saturated carbocycles. The Labute approximate surface area is 139 Å². The first kappa shape index (κ1) is 14.7. The zero-order valence-electron chi connectivity index (χ0n) is 13.2. The third kappa shape index (κ3) is 2.43. The zero-order chi connectivity index (χ0) is 16.0. The lowest BCUT2D eigenvalue weighted by molar-refractivity contribution is 0.463. The number of pyridine rings is 1. The summed E-state index contributed by atoms with van der Waals surface area (Å²) < 4.78 is 0. The molecule has 0 spiro atoms. The molecular weight excluding hydrogens is 308 g/mol. The predicted molar refractivity (Wildman–Crippen MR) is 94.8 cm³/mol. The Morgan fingerprint density at radius 1 is 1.26 bits per heavy atom. The first-order chi connectivity index (χ1) is 11.1. The second kappa shape index (κ2) is 5.64. The van der Waals surface area contributed by atoms with Gasteiger partial charge < -0.3 is 15.0 Å². The fourth-order valence-corrected chi connectivity index (χ4v) is 4.54. The molecule has 2 aliphatic heterocycles. The summed E-state index contributed by atoms with van der Waals surface area (Å²) in [4.78, 5) is 18.7. The Morgan fingerprint density at radius 2 is 2.04 bits per heavy atom. The van der Waals surface area contributed by atoms with Crippen molar-refractivity contribution in [3.8, 4) is 17.0 Å². The standard InChI is InChI=1S/C18H20N2O2S/c1-11-17(21)14-6-9-23-15-10-12(20-7-2-3-8-20)4-5-13(15)16(14)19-18(11)22/h4-5,10H,2-3,6-9H2,1H3,(H2,19,21,22). The number of aromatic hydroxyl groups is 1. The third-order valence-corrected chi connectivity index (χ3v) is 5.89. The molecule has 2 aliphatic rings. The van der Waals surface area contributed by atoms with Crippen molar-refractivity contribution in [2.75, 3.05) is 23.7 Å². The van der Waals surface area contributed by atoms with Crippen molar-refractivity contribution >= 4 is 17.4 Å². The lowest BCUT2D eigenvalue weighted by atomic mass is 10.0. The van der Waals surface area contributed by atoms with Crippen LogP contribution in [0.5, 0.6) is 5.75 Å². The van der Waals surface area contributed by atoms with Crippen molar-refractivity contribution in [2.45, 2.75) is 31.1 Å².